The summed E-state index contributed by atoms with van der Waals surface area (Å²) in [6.45, 7) is 2.06. The molecule has 2 aliphatic rings. The highest BCUT2D eigenvalue weighted by atomic mass is 19.1. The Balaban J connectivity index is 1.34. The third-order valence-corrected chi connectivity index (χ3v) is 5.87. The molecule has 6 nitrogen and oxygen atoms in total. The van der Waals surface area contributed by atoms with Gasteiger partial charge >= 0.3 is 6.03 Å². The summed E-state index contributed by atoms with van der Waals surface area (Å²) in [7, 11) is 1.97. The van der Waals surface area contributed by atoms with Crippen molar-refractivity contribution in [3.63, 3.8) is 0 Å². The second kappa shape index (κ2) is 8.20. The van der Waals surface area contributed by atoms with Crippen molar-refractivity contribution in [2.75, 3.05) is 19.7 Å². The molecule has 1 aromatic heterocycles. The molecule has 0 radical (unpaired) electrons. The lowest BCUT2D eigenvalue weighted by Gasteiger charge is -2.33. The van der Waals surface area contributed by atoms with Crippen LogP contribution in [-0.2, 0) is 13.5 Å². The number of piperidine rings is 1. The molecular weight excluding hydrogens is 359 g/mol. The highest BCUT2D eigenvalue weighted by Crippen LogP contribution is 2.32. The second-order valence-corrected chi connectivity index (χ2v) is 7.76. The number of amides is 2. The molecule has 1 N–H and O–H groups in total. The highest BCUT2D eigenvalue weighted by Gasteiger charge is 2.27. The zero-order chi connectivity index (χ0) is 19.5. The molecule has 0 bridgehead atoms. The lowest BCUT2D eigenvalue weighted by Crippen LogP contribution is -2.45. The molecule has 2 aliphatic heterocycles. The highest BCUT2D eigenvalue weighted by molar-refractivity contribution is 5.75. The number of urea groups is 1. The van der Waals surface area contributed by atoms with Crippen LogP contribution < -0.4 is 10.1 Å². The molecule has 150 valence electrons. The Labute approximate surface area is 164 Å². The summed E-state index contributed by atoms with van der Waals surface area (Å²) >= 11 is 0. The van der Waals surface area contributed by atoms with Gasteiger partial charge in [-0.3, -0.25) is 4.68 Å². The van der Waals surface area contributed by atoms with Crippen LogP contribution in [0.2, 0.25) is 0 Å². The topological polar surface area (TPSA) is 59.4 Å². The average molecular weight is 386 g/mol. The van der Waals surface area contributed by atoms with E-state index in [0.717, 1.165) is 50.8 Å². The molecule has 1 aromatic carbocycles. The number of fused-ring (bicyclic) bond motifs is 1. The quantitative estimate of drug-likeness (QED) is 0.879. The summed E-state index contributed by atoms with van der Waals surface area (Å²) in [6, 6.07) is 6.44. The zero-order valence-corrected chi connectivity index (χ0v) is 16.2. The molecule has 0 spiro atoms. The minimum absolute atomic E-state index is 0.0406. The maximum Gasteiger partial charge on any atom is 0.317 e. The van der Waals surface area contributed by atoms with Crippen molar-refractivity contribution in [1.29, 1.82) is 0 Å². The number of ether oxygens (including phenoxy) is 1. The first-order chi connectivity index (χ1) is 13.6. The van der Waals surface area contributed by atoms with E-state index in [4.69, 9.17) is 4.74 Å². The van der Waals surface area contributed by atoms with E-state index < -0.39 is 0 Å². The number of rotatable bonds is 3. The Bertz CT molecular complexity index is 830. The Morgan fingerprint density at radius 3 is 2.86 bits per heavy atom. The van der Waals surface area contributed by atoms with E-state index in [9.17, 15) is 9.18 Å². The van der Waals surface area contributed by atoms with E-state index >= 15 is 0 Å². The Kier molecular flexibility index (Phi) is 5.50. The van der Waals surface area contributed by atoms with Gasteiger partial charge in [-0.1, -0.05) is 6.07 Å². The van der Waals surface area contributed by atoms with E-state index in [1.165, 1.54) is 17.8 Å². The number of nitrogens with one attached hydrogen (secondary N) is 1. The Morgan fingerprint density at radius 2 is 2.11 bits per heavy atom. The van der Waals surface area contributed by atoms with Crippen LogP contribution in [0.3, 0.4) is 0 Å². The number of nitrogens with zero attached hydrogens (tertiary/aromatic N) is 3. The number of likely N-dealkylation sites (tertiary alicyclic amines) is 1. The molecule has 28 heavy (non-hydrogen) atoms. The van der Waals surface area contributed by atoms with E-state index in [1.54, 1.807) is 6.07 Å². The first-order valence-corrected chi connectivity index (χ1v) is 10.0. The number of carbonyl (C=O) groups excluding carboxylic acids is 1. The Hall–Kier alpha value is -2.57. The van der Waals surface area contributed by atoms with Crippen LogP contribution in [0.4, 0.5) is 9.18 Å². The number of carbonyl (C=O) groups is 1. The van der Waals surface area contributed by atoms with Gasteiger partial charge in [0.25, 0.3) is 0 Å². The fourth-order valence-electron chi connectivity index (χ4n) is 4.17. The summed E-state index contributed by atoms with van der Waals surface area (Å²) in [5, 5.41) is 7.37. The number of hydrogen-bond donors (Lipinski definition) is 1. The van der Waals surface area contributed by atoms with Gasteiger partial charge in [0.1, 0.15) is 11.6 Å². The Morgan fingerprint density at radius 1 is 1.29 bits per heavy atom. The lowest BCUT2D eigenvalue weighted by molar-refractivity contribution is 0.166. The average Bonchev–Trinajstić information content (AvgIpc) is 2.98. The number of aryl methyl sites for hydroxylation is 1. The minimum atomic E-state index is -0.318. The van der Waals surface area contributed by atoms with Gasteiger partial charge in [-0.05, 0) is 50.2 Å². The van der Waals surface area contributed by atoms with Crippen molar-refractivity contribution in [2.45, 2.75) is 38.1 Å². The van der Waals surface area contributed by atoms with Crippen LogP contribution >= 0.6 is 0 Å². The van der Waals surface area contributed by atoms with Gasteiger partial charge in [0, 0.05) is 43.7 Å². The summed E-state index contributed by atoms with van der Waals surface area (Å²) in [5.74, 6) is 0.799. The largest absolute Gasteiger partial charge is 0.493 e. The number of hydrogen-bond acceptors (Lipinski definition) is 3. The van der Waals surface area contributed by atoms with E-state index in [2.05, 4.69) is 16.5 Å². The summed E-state index contributed by atoms with van der Waals surface area (Å²) in [4.78, 5) is 14.7. The molecule has 1 unspecified atom stereocenters. The third kappa shape index (κ3) is 4.13. The number of halogens is 1. The second-order valence-electron chi connectivity index (χ2n) is 7.76. The van der Waals surface area contributed by atoms with Gasteiger partial charge in [0.15, 0.2) is 0 Å². The molecule has 2 aromatic rings. The molecule has 3 heterocycles. The van der Waals surface area contributed by atoms with Gasteiger partial charge in [-0.2, -0.15) is 5.10 Å². The minimum Gasteiger partial charge on any atom is -0.493 e. The number of aromatic nitrogens is 2. The molecule has 1 saturated heterocycles. The SMILES string of the molecule is Cn1nccc1CC1CCN(C(=O)NC2CCCOc3cc(F)ccc32)CC1. The smallest absolute Gasteiger partial charge is 0.317 e. The van der Waals surface area contributed by atoms with Crippen molar-refractivity contribution >= 4 is 6.03 Å². The molecule has 1 fully saturated rings. The van der Waals surface area contributed by atoms with E-state index in [-0.39, 0.29) is 17.9 Å². The number of benzene rings is 1. The van der Waals surface area contributed by atoms with Gasteiger partial charge in [-0.25, -0.2) is 9.18 Å². The molecule has 0 aliphatic carbocycles. The third-order valence-electron chi connectivity index (χ3n) is 5.87. The molecule has 0 saturated carbocycles. The summed E-state index contributed by atoms with van der Waals surface area (Å²) in [6.07, 6.45) is 6.45. The normalized spacial score (nSPS) is 20.2. The van der Waals surface area contributed by atoms with Crippen molar-refractivity contribution < 1.29 is 13.9 Å². The van der Waals surface area contributed by atoms with Crippen LogP contribution in [0.5, 0.6) is 5.75 Å². The molecule has 7 heteroatoms. The van der Waals surface area contributed by atoms with Crippen LogP contribution in [0, 0.1) is 11.7 Å². The maximum atomic E-state index is 13.5. The first-order valence-electron chi connectivity index (χ1n) is 10.0. The monoisotopic (exact) mass is 386 g/mol. The zero-order valence-electron chi connectivity index (χ0n) is 16.2. The van der Waals surface area contributed by atoms with Crippen molar-refractivity contribution in [2.24, 2.45) is 13.0 Å². The van der Waals surface area contributed by atoms with Crippen LogP contribution in [0.15, 0.2) is 30.5 Å². The van der Waals surface area contributed by atoms with Crippen molar-refractivity contribution in [3.05, 3.63) is 47.5 Å². The van der Waals surface area contributed by atoms with Crippen LogP contribution in [0.25, 0.3) is 0 Å². The predicted molar refractivity (Wildman–Crippen MR) is 104 cm³/mol. The first kappa shape index (κ1) is 18.8. The molecule has 2 amide bonds. The standard InChI is InChI=1S/C21H27FN4O2/c1-25-17(6-9-23-25)13-15-7-10-26(11-8-15)21(27)24-19-3-2-12-28-20-14-16(22)4-5-18(19)20/h4-6,9,14-15,19H,2-3,7-8,10-13H2,1H3,(H,24,27). The van der Waals surface area contributed by atoms with Gasteiger partial charge in [0.05, 0.1) is 12.6 Å². The van der Waals surface area contributed by atoms with Gasteiger partial charge in [0.2, 0.25) is 0 Å². The van der Waals surface area contributed by atoms with Crippen molar-refractivity contribution in [3.8, 4) is 5.75 Å². The van der Waals surface area contributed by atoms with Crippen LogP contribution in [-0.4, -0.2) is 40.4 Å². The summed E-state index contributed by atoms with van der Waals surface area (Å²) < 4.78 is 21.1. The molecular formula is C21H27FN4O2. The van der Waals surface area contributed by atoms with Gasteiger partial charge in [-0.15, -0.1) is 0 Å². The maximum absolute atomic E-state index is 13.5. The van der Waals surface area contributed by atoms with Crippen molar-refractivity contribution in [1.82, 2.24) is 20.0 Å². The molecule has 4 rings (SSSR count). The van der Waals surface area contributed by atoms with E-state index in [0.29, 0.717) is 18.3 Å². The summed E-state index contributed by atoms with van der Waals surface area (Å²) in [5.41, 5.74) is 2.10. The fraction of sp³-hybridized carbons (Fsp3) is 0.524. The fourth-order valence-corrected chi connectivity index (χ4v) is 4.17. The van der Waals surface area contributed by atoms with Gasteiger partial charge < -0.3 is 15.0 Å². The van der Waals surface area contributed by atoms with E-state index in [1.807, 2.05) is 22.8 Å². The predicted octanol–water partition coefficient (Wildman–Crippen LogP) is 3.44. The molecule has 1 atom stereocenters. The van der Waals surface area contributed by atoms with Crippen LogP contribution in [0.1, 0.15) is 43.0 Å². The lowest BCUT2D eigenvalue weighted by atomic mass is 9.92.